The Morgan fingerprint density at radius 2 is 1.84 bits per heavy atom. The first kappa shape index (κ1) is 14.1. The van der Waals surface area contributed by atoms with E-state index < -0.39 is 0 Å². The molecule has 0 unspecified atom stereocenters. The van der Waals surface area contributed by atoms with Gasteiger partial charge in [-0.2, -0.15) is 5.26 Å². The van der Waals surface area contributed by atoms with Crippen molar-refractivity contribution < 1.29 is 0 Å². The Morgan fingerprint density at radius 3 is 2.32 bits per heavy atom. The zero-order valence-electron chi connectivity index (χ0n) is 12.3. The molecule has 2 nitrogen and oxygen atoms in total. The molecule has 1 N–H and O–H groups in total. The van der Waals surface area contributed by atoms with E-state index in [1.807, 2.05) is 0 Å². The third kappa shape index (κ3) is 3.81. The first-order valence-electron chi connectivity index (χ1n) is 7.17. The van der Waals surface area contributed by atoms with Gasteiger partial charge < -0.3 is 5.32 Å². The number of benzene rings is 1. The van der Waals surface area contributed by atoms with Crippen molar-refractivity contribution in [2.24, 2.45) is 5.41 Å². The van der Waals surface area contributed by atoms with Gasteiger partial charge in [-0.3, -0.25) is 0 Å². The molecule has 1 aliphatic rings. The maximum atomic E-state index is 8.99. The lowest BCUT2D eigenvalue weighted by molar-refractivity contribution is 0.560. The number of rotatable bonds is 5. The largest absolute Gasteiger partial charge is 0.315 e. The van der Waals surface area contributed by atoms with Crippen LogP contribution in [-0.2, 0) is 11.8 Å². The second-order valence-corrected chi connectivity index (χ2v) is 6.77. The maximum Gasteiger partial charge on any atom is 0.0703 e. The fourth-order valence-electron chi connectivity index (χ4n) is 2.21. The Kier molecular flexibility index (Phi) is 3.96. The summed E-state index contributed by atoms with van der Waals surface area (Å²) in [7, 11) is 0. The third-order valence-electron chi connectivity index (χ3n) is 3.96. The summed E-state index contributed by atoms with van der Waals surface area (Å²) in [5.41, 5.74) is 2.94. The van der Waals surface area contributed by atoms with E-state index in [-0.39, 0.29) is 10.8 Å². The van der Waals surface area contributed by atoms with Crippen LogP contribution in [0.1, 0.15) is 44.7 Å². The highest BCUT2D eigenvalue weighted by atomic mass is 14.9. The van der Waals surface area contributed by atoms with Crippen LogP contribution in [0.15, 0.2) is 24.3 Å². The van der Waals surface area contributed by atoms with Crippen LogP contribution in [0.3, 0.4) is 0 Å². The van der Waals surface area contributed by atoms with E-state index in [0.29, 0.717) is 0 Å². The van der Waals surface area contributed by atoms with Crippen molar-refractivity contribution in [3.8, 4) is 6.07 Å². The van der Waals surface area contributed by atoms with Crippen molar-refractivity contribution in [3.63, 3.8) is 0 Å². The molecule has 0 saturated heterocycles. The van der Waals surface area contributed by atoms with Crippen LogP contribution in [0.2, 0.25) is 0 Å². The Bertz CT molecular complexity index is 456. The van der Waals surface area contributed by atoms with Gasteiger partial charge in [0, 0.05) is 6.54 Å². The number of nitrogens with one attached hydrogen (secondary N) is 1. The van der Waals surface area contributed by atoms with Crippen molar-refractivity contribution in [2.45, 2.75) is 45.4 Å². The van der Waals surface area contributed by atoms with Crippen molar-refractivity contribution in [1.82, 2.24) is 5.32 Å². The molecule has 0 spiro atoms. The molecule has 102 valence electrons. The standard InChI is InChI=1S/C17H24N2/c1-16(2,3)15-6-4-14(5-7-15)8-11-19-13-17(12-18)9-10-17/h4-7,19H,8-11,13H2,1-3H3. The minimum Gasteiger partial charge on any atom is -0.315 e. The summed E-state index contributed by atoms with van der Waals surface area (Å²) < 4.78 is 0. The van der Waals surface area contributed by atoms with Gasteiger partial charge in [0.1, 0.15) is 0 Å². The van der Waals surface area contributed by atoms with Crippen LogP contribution in [0.4, 0.5) is 0 Å². The Morgan fingerprint density at radius 1 is 1.21 bits per heavy atom. The monoisotopic (exact) mass is 256 g/mol. The minimum absolute atomic E-state index is 0.0317. The van der Waals surface area contributed by atoms with E-state index in [2.05, 4.69) is 56.4 Å². The summed E-state index contributed by atoms with van der Waals surface area (Å²) in [5, 5.41) is 12.4. The molecule has 19 heavy (non-hydrogen) atoms. The number of nitriles is 1. The summed E-state index contributed by atoms with van der Waals surface area (Å²) in [6.07, 6.45) is 3.17. The predicted octanol–water partition coefficient (Wildman–Crippen LogP) is 3.42. The summed E-state index contributed by atoms with van der Waals surface area (Å²) in [5.74, 6) is 0. The first-order valence-corrected chi connectivity index (χ1v) is 7.17. The van der Waals surface area contributed by atoms with Gasteiger partial charge in [-0.25, -0.2) is 0 Å². The number of nitrogens with zero attached hydrogens (tertiary/aromatic N) is 1. The third-order valence-corrected chi connectivity index (χ3v) is 3.96. The van der Waals surface area contributed by atoms with E-state index in [4.69, 9.17) is 5.26 Å². The Hall–Kier alpha value is -1.33. The van der Waals surface area contributed by atoms with Crippen LogP contribution in [-0.4, -0.2) is 13.1 Å². The molecule has 1 aromatic rings. The van der Waals surface area contributed by atoms with E-state index in [1.54, 1.807) is 0 Å². The van der Waals surface area contributed by atoms with Crippen LogP contribution in [0, 0.1) is 16.7 Å². The van der Waals surface area contributed by atoms with E-state index in [1.165, 1.54) is 11.1 Å². The van der Waals surface area contributed by atoms with Gasteiger partial charge in [0.05, 0.1) is 11.5 Å². The van der Waals surface area contributed by atoms with E-state index >= 15 is 0 Å². The van der Waals surface area contributed by atoms with Gasteiger partial charge in [0.25, 0.3) is 0 Å². The minimum atomic E-state index is -0.0317. The molecular weight excluding hydrogens is 232 g/mol. The van der Waals surface area contributed by atoms with Crippen LogP contribution in [0.25, 0.3) is 0 Å². The fourth-order valence-corrected chi connectivity index (χ4v) is 2.21. The molecule has 1 fully saturated rings. The maximum absolute atomic E-state index is 8.99. The molecule has 0 atom stereocenters. The molecule has 1 aliphatic carbocycles. The van der Waals surface area contributed by atoms with Crippen molar-refractivity contribution in [3.05, 3.63) is 35.4 Å². The highest BCUT2D eigenvalue weighted by molar-refractivity contribution is 5.27. The van der Waals surface area contributed by atoms with Gasteiger partial charge in [-0.05, 0) is 42.3 Å². The quantitative estimate of drug-likeness (QED) is 0.819. The lowest BCUT2D eigenvalue weighted by atomic mass is 9.86. The summed E-state index contributed by atoms with van der Waals surface area (Å²) in [6.45, 7) is 8.52. The smallest absolute Gasteiger partial charge is 0.0703 e. The Labute approximate surface area is 116 Å². The Balaban J connectivity index is 1.76. The molecule has 2 rings (SSSR count). The highest BCUT2D eigenvalue weighted by Crippen LogP contribution is 2.43. The molecule has 2 heteroatoms. The van der Waals surface area contributed by atoms with Gasteiger partial charge in [0.2, 0.25) is 0 Å². The normalized spacial score (nSPS) is 16.9. The zero-order valence-corrected chi connectivity index (χ0v) is 12.3. The molecule has 0 bridgehead atoms. The average molecular weight is 256 g/mol. The van der Waals surface area contributed by atoms with Crippen LogP contribution < -0.4 is 5.32 Å². The molecule has 0 aliphatic heterocycles. The summed E-state index contributed by atoms with van der Waals surface area (Å²) in [4.78, 5) is 0. The van der Waals surface area contributed by atoms with E-state index in [9.17, 15) is 0 Å². The molecule has 0 radical (unpaired) electrons. The molecule has 0 heterocycles. The van der Waals surface area contributed by atoms with Gasteiger partial charge in [0.15, 0.2) is 0 Å². The SMILES string of the molecule is CC(C)(C)c1ccc(CCNCC2(C#N)CC2)cc1. The van der Waals surface area contributed by atoms with Gasteiger partial charge in [-0.1, -0.05) is 45.0 Å². The first-order chi connectivity index (χ1) is 8.95. The van der Waals surface area contributed by atoms with Crippen LogP contribution >= 0.6 is 0 Å². The zero-order chi connectivity index (χ0) is 13.9. The molecule has 0 amide bonds. The van der Waals surface area contributed by atoms with Crippen molar-refractivity contribution in [1.29, 1.82) is 5.26 Å². The predicted molar refractivity (Wildman–Crippen MR) is 79.0 cm³/mol. The van der Waals surface area contributed by atoms with E-state index in [0.717, 1.165) is 32.4 Å². The molecule has 0 aromatic heterocycles. The fraction of sp³-hybridized carbons (Fsp3) is 0.588. The number of hydrogen-bond donors (Lipinski definition) is 1. The molecule has 1 aromatic carbocycles. The molecular formula is C17H24N2. The number of hydrogen-bond acceptors (Lipinski definition) is 2. The van der Waals surface area contributed by atoms with Crippen molar-refractivity contribution >= 4 is 0 Å². The second-order valence-electron chi connectivity index (χ2n) is 6.77. The second kappa shape index (κ2) is 5.35. The lowest BCUT2D eigenvalue weighted by Crippen LogP contribution is -2.25. The average Bonchev–Trinajstić information content (AvgIpc) is 3.15. The summed E-state index contributed by atoms with van der Waals surface area (Å²) in [6, 6.07) is 11.3. The van der Waals surface area contributed by atoms with Gasteiger partial charge in [-0.15, -0.1) is 0 Å². The van der Waals surface area contributed by atoms with Crippen LogP contribution in [0.5, 0.6) is 0 Å². The summed E-state index contributed by atoms with van der Waals surface area (Å²) >= 11 is 0. The van der Waals surface area contributed by atoms with Gasteiger partial charge >= 0.3 is 0 Å². The topological polar surface area (TPSA) is 35.8 Å². The molecule has 1 saturated carbocycles. The van der Waals surface area contributed by atoms with Crippen molar-refractivity contribution in [2.75, 3.05) is 13.1 Å². The highest BCUT2D eigenvalue weighted by Gasteiger charge is 2.42. The lowest BCUT2D eigenvalue weighted by Gasteiger charge is -2.19.